The smallest absolute Gasteiger partial charge is 0.161 e. The molecule has 3 rings (SSSR count). The van der Waals surface area contributed by atoms with Crippen LogP contribution in [0.2, 0.25) is 5.02 Å². The topological polar surface area (TPSA) is 35.1 Å². The van der Waals surface area contributed by atoms with Crippen LogP contribution >= 0.6 is 11.6 Å². The van der Waals surface area contributed by atoms with Gasteiger partial charge in [-0.05, 0) is 37.3 Å². The number of ether oxygens (including phenoxy) is 2. The zero-order valence-corrected chi connectivity index (χ0v) is 16.8. The van der Waals surface area contributed by atoms with Gasteiger partial charge in [0.15, 0.2) is 11.5 Å². The van der Waals surface area contributed by atoms with Gasteiger partial charge in [0.25, 0.3) is 0 Å². The van der Waals surface area contributed by atoms with Gasteiger partial charge in [0.1, 0.15) is 25.5 Å². The summed E-state index contributed by atoms with van der Waals surface area (Å²) in [5.41, 5.74) is 4.02. The van der Waals surface area contributed by atoms with Crippen LogP contribution in [0.5, 0.6) is 11.5 Å². The average Bonchev–Trinajstić information content (AvgIpc) is 2.69. The van der Waals surface area contributed by atoms with E-state index < -0.39 is 0 Å². The minimum Gasteiger partial charge on any atom is -0.493 e. The number of aryl methyl sites for hydroxylation is 1. The molecular formula is C23H24ClFNO2+. The molecule has 0 radical (unpaired) electrons. The Kier molecular flexibility index (Phi) is 6.90. The number of methoxy groups -OCH3 is 1. The van der Waals surface area contributed by atoms with E-state index in [1.165, 1.54) is 17.2 Å². The fourth-order valence-corrected chi connectivity index (χ4v) is 3.13. The lowest BCUT2D eigenvalue weighted by molar-refractivity contribution is -0.686. The van der Waals surface area contributed by atoms with Crippen molar-refractivity contribution in [2.45, 2.75) is 26.6 Å². The summed E-state index contributed by atoms with van der Waals surface area (Å²) in [6, 6.07) is 18.9. The molecule has 0 saturated heterocycles. The minimum atomic E-state index is -0.381. The number of halogens is 2. The zero-order valence-electron chi connectivity index (χ0n) is 16.0. The highest BCUT2D eigenvalue weighted by atomic mass is 35.5. The van der Waals surface area contributed by atoms with E-state index in [0.29, 0.717) is 22.1 Å². The first-order valence-corrected chi connectivity index (χ1v) is 9.54. The monoisotopic (exact) mass is 400 g/mol. The van der Waals surface area contributed by atoms with E-state index in [9.17, 15) is 4.39 Å². The third-order valence-corrected chi connectivity index (χ3v) is 4.90. The maximum atomic E-state index is 13.9. The van der Waals surface area contributed by atoms with Gasteiger partial charge in [0, 0.05) is 16.7 Å². The van der Waals surface area contributed by atoms with Gasteiger partial charge in [-0.3, -0.25) is 0 Å². The van der Waals surface area contributed by atoms with Crippen molar-refractivity contribution >= 4 is 11.6 Å². The Morgan fingerprint density at radius 2 is 1.64 bits per heavy atom. The Balaban J connectivity index is 1.61. The van der Waals surface area contributed by atoms with Gasteiger partial charge in [0.2, 0.25) is 0 Å². The van der Waals surface area contributed by atoms with Crippen molar-refractivity contribution in [3.05, 3.63) is 93.8 Å². The first-order chi connectivity index (χ1) is 13.6. The predicted molar refractivity (Wildman–Crippen MR) is 109 cm³/mol. The molecule has 3 aromatic carbocycles. The summed E-state index contributed by atoms with van der Waals surface area (Å²) in [4.78, 5) is 0. The summed E-state index contributed by atoms with van der Waals surface area (Å²) >= 11 is 6.06. The van der Waals surface area contributed by atoms with E-state index in [-0.39, 0.29) is 12.4 Å². The molecule has 0 fully saturated rings. The molecule has 0 amide bonds. The third-order valence-electron chi connectivity index (χ3n) is 4.54. The van der Waals surface area contributed by atoms with Crippen LogP contribution in [0.3, 0.4) is 0 Å². The lowest BCUT2D eigenvalue weighted by Crippen LogP contribution is -2.80. The molecule has 0 heterocycles. The zero-order chi connectivity index (χ0) is 19.9. The largest absolute Gasteiger partial charge is 0.493 e. The second kappa shape index (κ2) is 9.58. The second-order valence-electron chi connectivity index (χ2n) is 6.66. The molecule has 0 aliphatic heterocycles. The number of quaternary nitrogens is 1. The minimum absolute atomic E-state index is 0.0424. The molecule has 0 aliphatic rings. The molecule has 2 N–H and O–H groups in total. The van der Waals surface area contributed by atoms with E-state index >= 15 is 0 Å². The fourth-order valence-electron chi connectivity index (χ4n) is 2.91. The number of hydrogen-bond acceptors (Lipinski definition) is 2. The first-order valence-electron chi connectivity index (χ1n) is 9.16. The molecule has 0 saturated carbocycles. The van der Waals surface area contributed by atoms with Gasteiger partial charge in [-0.1, -0.05) is 47.5 Å². The van der Waals surface area contributed by atoms with Gasteiger partial charge in [-0.2, -0.15) is 0 Å². The summed E-state index contributed by atoms with van der Waals surface area (Å²) < 4.78 is 25.1. The van der Waals surface area contributed by atoms with Crippen LogP contribution in [0.15, 0.2) is 60.7 Å². The summed E-state index contributed by atoms with van der Waals surface area (Å²) in [6.45, 7) is 3.86. The fraction of sp³-hybridized carbons (Fsp3) is 0.217. The van der Waals surface area contributed by atoms with Crippen molar-refractivity contribution in [1.29, 1.82) is 0 Å². The van der Waals surface area contributed by atoms with E-state index in [4.69, 9.17) is 21.1 Å². The van der Waals surface area contributed by atoms with Crippen molar-refractivity contribution < 1.29 is 19.2 Å². The van der Waals surface area contributed by atoms with E-state index in [2.05, 4.69) is 36.5 Å². The average molecular weight is 401 g/mol. The molecule has 28 heavy (non-hydrogen) atoms. The molecule has 0 aromatic heterocycles. The summed E-state index contributed by atoms with van der Waals surface area (Å²) in [6.07, 6.45) is 0. The third kappa shape index (κ3) is 5.24. The number of rotatable bonds is 8. The maximum absolute atomic E-state index is 13.9. The quantitative estimate of drug-likeness (QED) is 0.598. The van der Waals surface area contributed by atoms with Crippen molar-refractivity contribution in [2.24, 2.45) is 0 Å². The standard InChI is InChI=1S/C23H23ClFNO2/c1-16-6-8-17(9-7-16)13-26-14-18-10-11-22(23(12-18)27-2)28-15-19-20(24)4-3-5-21(19)25/h3-12,26H,13-15H2,1-2H3/p+1. The SMILES string of the molecule is COc1cc(C[NH2+]Cc2ccc(C)cc2)ccc1OCc1c(F)cccc1Cl. The molecule has 5 heteroatoms. The lowest BCUT2D eigenvalue weighted by Gasteiger charge is -2.13. The highest BCUT2D eigenvalue weighted by Gasteiger charge is 2.11. The second-order valence-corrected chi connectivity index (χ2v) is 7.06. The van der Waals surface area contributed by atoms with Gasteiger partial charge in [-0.25, -0.2) is 4.39 Å². The molecule has 146 valence electrons. The Morgan fingerprint density at radius 3 is 2.36 bits per heavy atom. The van der Waals surface area contributed by atoms with Crippen LogP contribution in [-0.4, -0.2) is 7.11 Å². The lowest BCUT2D eigenvalue weighted by atomic mass is 10.1. The Bertz CT molecular complexity index is 908. The van der Waals surface area contributed by atoms with Crippen molar-refractivity contribution in [3.8, 4) is 11.5 Å². The highest BCUT2D eigenvalue weighted by Crippen LogP contribution is 2.30. The summed E-state index contributed by atoms with van der Waals surface area (Å²) in [5, 5.41) is 2.58. The Morgan fingerprint density at radius 1 is 0.929 bits per heavy atom. The molecule has 0 bridgehead atoms. The Hall–Kier alpha value is -2.56. The van der Waals surface area contributed by atoms with Crippen LogP contribution in [0.25, 0.3) is 0 Å². The number of benzene rings is 3. The molecule has 0 spiro atoms. The molecule has 3 aromatic rings. The van der Waals surface area contributed by atoms with Gasteiger partial charge >= 0.3 is 0 Å². The number of nitrogens with two attached hydrogens (primary N) is 1. The molecule has 0 atom stereocenters. The van der Waals surface area contributed by atoms with Crippen LogP contribution in [0, 0.1) is 12.7 Å². The van der Waals surface area contributed by atoms with Gasteiger partial charge < -0.3 is 14.8 Å². The van der Waals surface area contributed by atoms with Crippen LogP contribution in [-0.2, 0) is 19.7 Å². The van der Waals surface area contributed by atoms with Crippen LogP contribution in [0.4, 0.5) is 4.39 Å². The molecule has 3 nitrogen and oxygen atoms in total. The summed E-state index contributed by atoms with van der Waals surface area (Å²) in [7, 11) is 1.60. The molecular weight excluding hydrogens is 377 g/mol. The van der Waals surface area contributed by atoms with E-state index in [0.717, 1.165) is 18.7 Å². The maximum Gasteiger partial charge on any atom is 0.161 e. The predicted octanol–water partition coefficient (Wildman–Crippen LogP) is 4.64. The van der Waals surface area contributed by atoms with Crippen LogP contribution < -0.4 is 14.8 Å². The van der Waals surface area contributed by atoms with Crippen molar-refractivity contribution in [3.63, 3.8) is 0 Å². The molecule has 0 unspecified atom stereocenters. The van der Waals surface area contributed by atoms with E-state index in [1.807, 2.05) is 18.2 Å². The normalized spacial score (nSPS) is 10.7. The van der Waals surface area contributed by atoms with E-state index in [1.54, 1.807) is 19.2 Å². The van der Waals surface area contributed by atoms with Gasteiger partial charge in [0.05, 0.1) is 12.1 Å². The van der Waals surface area contributed by atoms with Crippen molar-refractivity contribution in [1.82, 2.24) is 0 Å². The molecule has 0 aliphatic carbocycles. The van der Waals surface area contributed by atoms with Crippen molar-refractivity contribution in [2.75, 3.05) is 7.11 Å². The first kappa shape index (κ1) is 20.2. The van der Waals surface area contributed by atoms with Gasteiger partial charge in [-0.15, -0.1) is 0 Å². The Labute approximate surface area is 170 Å². The summed E-state index contributed by atoms with van der Waals surface area (Å²) in [5.74, 6) is 0.798. The van der Waals surface area contributed by atoms with Crippen LogP contribution in [0.1, 0.15) is 22.3 Å². The highest BCUT2D eigenvalue weighted by molar-refractivity contribution is 6.31. The number of hydrogen-bond donors (Lipinski definition) is 1.